The maximum Gasteiger partial charge on any atom is 0.323 e. The third kappa shape index (κ3) is 2.60. The molecular formula is C12H19N5O2. The summed E-state index contributed by atoms with van der Waals surface area (Å²) in [5.41, 5.74) is 0.862. The summed E-state index contributed by atoms with van der Waals surface area (Å²) < 4.78 is 7.00. The number of amidine groups is 1. The molecule has 1 aliphatic rings. The number of nitrogens with zero attached hydrogens (tertiary/aromatic N) is 3. The standard InChI is InChI=1S/C12H19N5O2/c1-3-4-16-8-14-7-9(16)10-11(13)15-12(18)17(10)5-6-19-2/h7-8,10H,3-6H2,1-2H3,(H2,13,15,18). The van der Waals surface area contributed by atoms with Crippen LogP contribution in [0.2, 0.25) is 0 Å². The van der Waals surface area contributed by atoms with Crippen LogP contribution in [-0.2, 0) is 11.3 Å². The number of carbonyl (C=O) groups is 1. The number of hydrogen-bond acceptors (Lipinski definition) is 4. The van der Waals surface area contributed by atoms with E-state index in [4.69, 9.17) is 10.1 Å². The fourth-order valence-corrected chi connectivity index (χ4v) is 2.24. The van der Waals surface area contributed by atoms with Crippen LogP contribution in [-0.4, -0.2) is 46.6 Å². The van der Waals surface area contributed by atoms with E-state index in [1.165, 1.54) is 0 Å². The number of carbonyl (C=O) groups excluding carboxylic acids is 1. The average Bonchev–Trinajstić information content (AvgIpc) is 2.92. The van der Waals surface area contributed by atoms with E-state index in [1.54, 1.807) is 24.5 Å². The molecule has 2 heterocycles. The molecule has 19 heavy (non-hydrogen) atoms. The maximum absolute atomic E-state index is 11.9. The maximum atomic E-state index is 11.9. The summed E-state index contributed by atoms with van der Waals surface area (Å²) in [4.78, 5) is 17.6. The summed E-state index contributed by atoms with van der Waals surface area (Å²) in [6, 6.07) is -0.645. The van der Waals surface area contributed by atoms with E-state index >= 15 is 0 Å². The number of aryl methyl sites for hydroxylation is 1. The zero-order valence-corrected chi connectivity index (χ0v) is 11.2. The monoisotopic (exact) mass is 265 g/mol. The van der Waals surface area contributed by atoms with E-state index in [2.05, 4.69) is 17.2 Å². The Kier molecular flexibility index (Phi) is 4.16. The molecule has 1 aromatic heterocycles. The summed E-state index contributed by atoms with van der Waals surface area (Å²) in [5, 5.41) is 10.5. The molecule has 0 saturated carbocycles. The van der Waals surface area contributed by atoms with Gasteiger partial charge in [0, 0.05) is 20.2 Å². The highest BCUT2D eigenvalue weighted by Crippen LogP contribution is 2.25. The Bertz CT molecular complexity index is 470. The number of nitrogens with one attached hydrogen (secondary N) is 2. The first-order valence-electron chi connectivity index (χ1n) is 6.34. The Balaban J connectivity index is 2.26. The van der Waals surface area contributed by atoms with E-state index in [9.17, 15) is 4.79 Å². The number of methoxy groups -OCH3 is 1. The summed E-state index contributed by atoms with van der Waals surface area (Å²) >= 11 is 0. The van der Waals surface area contributed by atoms with Crippen molar-refractivity contribution in [2.75, 3.05) is 20.3 Å². The number of hydrogen-bond donors (Lipinski definition) is 2. The molecular weight excluding hydrogens is 246 g/mol. The fraction of sp³-hybridized carbons (Fsp3) is 0.583. The minimum Gasteiger partial charge on any atom is -0.383 e. The van der Waals surface area contributed by atoms with Crippen molar-refractivity contribution in [3.8, 4) is 0 Å². The normalized spacial score (nSPS) is 19.1. The van der Waals surface area contributed by atoms with Crippen LogP contribution in [0.5, 0.6) is 0 Å². The highest BCUT2D eigenvalue weighted by Gasteiger charge is 2.38. The third-order valence-corrected chi connectivity index (χ3v) is 3.11. The number of amides is 2. The molecule has 0 bridgehead atoms. The van der Waals surface area contributed by atoms with Crippen molar-refractivity contribution in [1.82, 2.24) is 19.8 Å². The SMILES string of the molecule is CCCn1cncc1C1C(=N)NC(=O)N1CCOC. The molecule has 1 aliphatic heterocycles. The second kappa shape index (κ2) is 5.83. The largest absolute Gasteiger partial charge is 0.383 e. The van der Waals surface area contributed by atoms with Crippen LogP contribution in [0.3, 0.4) is 0 Å². The summed E-state index contributed by atoms with van der Waals surface area (Å²) in [6.07, 6.45) is 4.43. The van der Waals surface area contributed by atoms with Gasteiger partial charge < -0.3 is 14.2 Å². The topological polar surface area (TPSA) is 83.2 Å². The van der Waals surface area contributed by atoms with Crippen molar-refractivity contribution in [1.29, 1.82) is 5.41 Å². The highest BCUT2D eigenvalue weighted by atomic mass is 16.5. The lowest BCUT2D eigenvalue weighted by molar-refractivity contribution is 0.149. The molecule has 1 saturated heterocycles. The van der Waals surface area contributed by atoms with Gasteiger partial charge in [0.15, 0.2) is 0 Å². The second-order valence-corrected chi connectivity index (χ2v) is 4.44. The molecule has 2 rings (SSSR count). The predicted molar refractivity (Wildman–Crippen MR) is 70.1 cm³/mol. The molecule has 0 aromatic carbocycles. The first kappa shape index (κ1) is 13.5. The molecule has 7 nitrogen and oxygen atoms in total. The Morgan fingerprint density at radius 2 is 2.32 bits per heavy atom. The Hall–Kier alpha value is -1.89. The van der Waals surface area contributed by atoms with Gasteiger partial charge >= 0.3 is 6.03 Å². The van der Waals surface area contributed by atoms with Crippen LogP contribution in [0, 0.1) is 5.41 Å². The molecule has 104 valence electrons. The molecule has 1 atom stereocenters. The van der Waals surface area contributed by atoms with E-state index in [1.807, 2.05) is 4.57 Å². The number of aromatic nitrogens is 2. The van der Waals surface area contributed by atoms with Crippen molar-refractivity contribution in [2.24, 2.45) is 0 Å². The molecule has 0 aliphatic carbocycles. The van der Waals surface area contributed by atoms with Gasteiger partial charge in [0.25, 0.3) is 0 Å². The van der Waals surface area contributed by atoms with Crippen molar-refractivity contribution < 1.29 is 9.53 Å². The van der Waals surface area contributed by atoms with E-state index in [0.717, 1.165) is 18.7 Å². The van der Waals surface area contributed by atoms with E-state index in [-0.39, 0.29) is 11.9 Å². The van der Waals surface area contributed by atoms with Gasteiger partial charge in [-0.3, -0.25) is 10.7 Å². The van der Waals surface area contributed by atoms with E-state index in [0.29, 0.717) is 13.2 Å². The Morgan fingerprint density at radius 3 is 3.00 bits per heavy atom. The highest BCUT2D eigenvalue weighted by molar-refractivity contribution is 6.05. The van der Waals surface area contributed by atoms with E-state index < -0.39 is 6.04 Å². The number of ether oxygens (including phenoxy) is 1. The Labute approximate surface area is 112 Å². The molecule has 1 unspecified atom stereocenters. The van der Waals surface area contributed by atoms with Crippen molar-refractivity contribution >= 4 is 11.9 Å². The zero-order chi connectivity index (χ0) is 13.8. The van der Waals surface area contributed by atoms with Gasteiger partial charge in [-0.15, -0.1) is 0 Å². The lowest BCUT2D eigenvalue weighted by atomic mass is 10.2. The molecule has 2 N–H and O–H groups in total. The number of rotatable bonds is 6. The first-order chi connectivity index (χ1) is 9.19. The van der Waals surface area contributed by atoms with Gasteiger partial charge in [-0.05, 0) is 6.42 Å². The third-order valence-electron chi connectivity index (χ3n) is 3.11. The molecule has 1 fully saturated rings. The lowest BCUT2D eigenvalue weighted by Crippen LogP contribution is -2.33. The number of imidazole rings is 1. The second-order valence-electron chi connectivity index (χ2n) is 4.44. The van der Waals surface area contributed by atoms with Gasteiger partial charge in [0.1, 0.15) is 11.9 Å². The summed E-state index contributed by atoms with van der Waals surface area (Å²) in [6.45, 7) is 3.80. The van der Waals surface area contributed by atoms with Gasteiger partial charge in [-0.25, -0.2) is 9.78 Å². The molecule has 1 aromatic rings. The molecule has 7 heteroatoms. The smallest absolute Gasteiger partial charge is 0.323 e. The van der Waals surface area contributed by atoms with Crippen LogP contribution in [0.1, 0.15) is 25.1 Å². The van der Waals surface area contributed by atoms with Gasteiger partial charge in [-0.1, -0.05) is 6.92 Å². The first-order valence-corrected chi connectivity index (χ1v) is 6.34. The van der Waals surface area contributed by atoms with Gasteiger partial charge in [-0.2, -0.15) is 0 Å². The molecule has 0 spiro atoms. The van der Waals surface area contributed by atoms with Crippen LogP contribution in [0.4, 0.5) is 4.79 Å². The van der Waals surface area contributed by atoms with Crippen molar-refractivity contribution in [2.45, 2.75) is 25.9 Å². The van der Waals surface area contributed by atoms with Gasteiger partial charge in [0.05, 0.1) is 24.8 Å². The van der Waals surface area contributed by atoms with Crippen molar-refractivity contribution in [3.05, 3.63) is 18.2 Å². The fourth-order valence-electron chi connectivity index (χ4n) is 2.24. The van der Waals surface area contributed by atoms with Crippen LogP contribution >= 0.6 is 0 Å². The zero-order valence-electron chi connectivity index (χ0n) is 11.2. The van der Waals surface area contributed by atoms with Crippen LogP contribution in [0.25, 0.3) is 0 Å². The van der Waals surface area contributed by atoms with Crippen molar-refractivity contribution in [3.63, 3.8) is 0 Å². The predicted octanol–water partition coefficient (Wildman–Crippen LogP) is 0.983. The molecule has 0 radical (unpaired) electrons. The minimum atomic E-state index is -0.392. The lowest BCUT2D eigenvalue weighted by Gasteiger charge is -2.23. The number of urea groups is 1. The van der Waals surface area contributed by atoms with Crippen LogP contribution < -0.4 is 5.32 Å². The summed E-state index contributed by atoms with van der Waals surface area (Å²) in [7, 11) is 1.59. The quantitative estimate of drug-likeness (QED) is 0.804. The minimum absolute atomic E-state index is 0.193. The van der Waals surface area contributed by atoms with Gasteiger partial charge in [0.2, 0.25) is 0 Å². The summed E-state index contributed by atoms with van der Waals surface area (Å²) in [5.74, 6) is 0.193. The molecule has 2 amide bonds. The Morgan fingerprint density at radius 1 is 1.53 bits per heavy atom. The average molecular weight is 265 g/mol. The van der Waals surface area contributed by atoms with Crippen LogP contribution in [0.15, 0.2) is 12.5 Å².